The van der Waals surface area contributed by atoms with Crippen molar-refractivity contribution in [2.75, 3.05) is 27.3 Å². The van der Waals surface area contributed by atoms with Gasteiger partial charge in [-0.3, -0.25) is 14.6 Å². The molecule has 120 valence electrons. The SMILES string of the molecule is CNC(=O)C1(COC)CCCN1C(=O)Cc1cncc(O)c1. The lowest BCUT2D eigenvalue weighted by Gasteiger charge is -2.36. The van der Waals surface area contributed by atoms with Gasteiger partial charge in [0.1, 0.15) is 11.3 Å². The summed E-state index contributed by atoms with van der Waals surface area (Å²) in [4.78, 5) is 30.4. The summed E-state index contributed by atoms with van der Waals surface area (Å²) in [7, 11) is 3.07. The van der Waals surface area contributed by atoms with Gasteiger partial charge in [0.25, 0.3) is 0 Å². The molecular formula is C15H21N3O4. The maximum Gasteiger partial charge on any atom is 0.248 e. The number of carbonyl (C=O) groups is 2. The van der Waals surface area contributed by atoms with Gasteiger partial charge in [0, 0.05) is 26.9 Å². The summed E-state index contributed by atoms with van der Waals surface area (Å²) >= 11 is 0. The lowest BCUT2D eigenvalue weighted by molar-refractivity contribution is -0.147. The van der Waals surface area contributed by atoms with E-state index in [1.165, 1.54) is 25.6 Å². The molecule has 7 heteroatoms. The number of methoxy groups -OCH3 is 1. The first-order valence-corrected chi connectivity index (χ1v) is 7.18. The van der Waals surface area contributed by atoms with Crippen LogP contribution in [-0.2, 0) is 20.7 Å². The predicted molar refractivity (Wildman–Crippen MR) is 79.2 cm³/mol. The first kappa shape index (κ1) is 16.2. The second kappa shape index (κ2) is 6.74. The highest BCUT2D eigenvalue weighted by atomic mass is 16.5. The monoisotopic (exact) mass is 307 g/mol. The van der Waals surface area contributed by atoms with Crippen LogP contribution < -0.4 is 5.32 Å². The Bertz CT molecular complexity index is 563. The van der Waals surface area contributed by atoms with Gasteiger partial charge in [-0.2, -0.15) is 0 Å². The van der Waals surface area contributed by atoms with E-state index in [9.17, 15) is 14.7 Å². The van der Waals surface area contributed by atoms with Crippen LogP contribution in [0, 0.1) is 0 Å². The molecule has 1 aromatic heterocycles. The van der Waals surface area contributed by atoms with Crippen LogP contribution in [0.1, 0.15) is 18.4 Å². The van der Waals surface area contributed by atoms with E-state index in [0.717, 1.165) is 6.42 Å². The molecule has 1 aliphatic rings. The number of nitrogens with zero attached hydrogens (tertiary/aromatic N) is 2. The highest BCUT2D eigenvalue weighted by Crippen LogP contribution is 2.31. The first-order chi connectivity index (χ1) is 10.5. The van der Waals surface area contributed by atoms with Crippen LogP contribution in [0.5, 0.6) is 5.75 Å². The Hall–Kier alpha value is -2.15. The summed E-state index contributed by atoms with van der Waals surface area (Å²) in [6.07, 6.45) is 4.25. The smallest absolute Gasteiger partial charge is 0.248 e. The van der Waals surface area contributed by atoms with Gasteiger partial charge in [0.15, 0.2) is 0 Å². The van der Waals surface area contributed by atoms with Gasteiger partial charge >= 0.3 is 0 Å². The lowest BCUT2D eigenvalue weighted by Crippen LogP contribution is -2.59. The summed E-state index contributed by atoms with van der Waals surface area (Å²) in [5, 5.41) is 12.1. The Morgan fingerprint density at radius 1 is 1.50 bits per heavy atom. The van der Waals surface area contributed by atoms with E-state index in [2.05, 4.69) is 10.3 Å². The summed E-state index contributed by atoms with van der Waals surface area (Å²) in [5.74, 6) is -0.374. The number of nitrogens with one attached hydrogen (secondary N) is 1. The molecule has 0 bridgehead atoms. The molecule has 1 saturated heterocycles. The van der Waals surface area contributed by atoms with E-state index in [4.69, 9.17) is 4.74 Å². The van der Waals surface area contributed by atoms with E-state index >= 15 is 0 Å². The third-order valence-electron chi connectivity index (χ3n) is 3.96. The maximum atomic E-state index is 12.6. The van der Waals surface area contributed by atoms with Crippen molar-refractivity contribution < 1.29 is 19.4 Å². The van der Waals surface area contributed by atoms with Gasteiger partial charge in [-0.05, 0) is 24.5 Å². The minimum atomic E-state index is -0.954. The normalized spacial score (nSPS) is 20.9. The number of aromatic nitrogens is 1. The standard InChI is InChI=1S/C15H21N3O4/c1-16-14(21)15(10-22-2)4-3-5-18(15)13(20)7-11-6-12(19)9-17-8-11/h6,8-9,19H,3-5,7,10H2,1-2H3,(H,16,21). The highest BCUT2D eigenvalue weighted by molar-refractivity contribution is 5.92. The Morgan fingerprint density at radius 3 is 2.91 bits per heavy atom. The summed E-state index contributed by atoms with van der Waals surface area (Å²) in [5.41, 5.74) is -0.342. The van der Waals surface area contributed by atoms with Crippen molar-refractivity contribution in [1.29, 1.82) is 0 Å². The van der Waals surface area contributed by atoms with E-state index in [1.807, 2.05) is 0 Å². The number of ether oxygens (including phenoxy) is 1. The van der Waals surface area contributed by atoms with Crippen molar-refractivity contribution in [1.82, 2.24) is 15.2 Å². The van der Waals surface area contributed by atoms with E-state index in [1.54, 1.807) is 11.9 Å². The van der Waals surface area contributed by atoms with Gasteiger partial charge < -0.3 is 20.1 Å². The molecule has 0 saturated carbocycles. The second-order valence-electron chi connectivity index (χ2n) is 5.42. The van der Waals surface area contributed by atoms with Crippen molar-refractivity contribution in [2.45, 2.75) is 24.8 Å². The molecule has 1 fully saturated rings. The van der Waals surface area contributed by atoms with Crippen LogP contribution in [0.3, 0.4) is 0 Å². The zero-order chi connectivity index (χ0) is 16.2. The van der Waals surface area contributed by atoms with Crippen molar-refractivity contribution >= 4 is 11.8 Å². The topological polar surface area (TPSA) is 91.8 Å². The zero-order valence-corrected chi connectivity index (χ0v) is 12.8. The number of aromatic hydroxyl groups is 1. The number of amides is 2. The molecule has 2 N–H and O–H groups in total. The van der Waals surface area contributed by atoms with Crippen molar-refractivity contribution in [3.8, 4) is 5.75 Å². The van der Waals surface area contributed by atoms with Gasteiger partial charge in [-0.1, -0.05) is 0 Å². The maximum absolute atomic E-state index is 12.6. The molecule has 0 aliphatic carbocycles. The minimum absolute atomic E-state index is 0.0150. The van der Waals surface area contributed by atoms with Crippen LogP contribution in [-0.4, -0.2) is 59.7 Å². The molecular weight excluding hydrogens is 286 g/mol. The van der Waals surface area contributed by atoms with Gasteiger partial charge in [-0.25, -0.2) is 0 Å². The number of pyridine rings is 1. The van der Waals surface area contributed by atoms with Crippen LogP contribution >= 0.6 is 0 Å². The molecule has 0 radical (unpaired) electrons. The minimum Gasteiger partial charge on any atom is -0.506 e. The molecule has 0 spiro atoms. The van der Waals surface area contributed by atoms with E-state index in [-0.39, 0.29) is 30.6 Å². The molecule has 1 aliphatic heterocycles. The van der Waals surface area contributed by atoms with Gasteiger partial charge in [-0.15, -0.1) is 0 Å². The van der Waals surface area contributed by atoms with Crippen LogP contribution in [0.2, 0.25) is 0 Å². The number of carbonyl (C=O) groups excluding carboxylic acids is 2. The molecule has 22 heavy (non-hydrogen) atoms. The lowest BCUT2D eigenvalue weighted by atomic mass is 9.95. The Morgan fingerprint density at radius 2 is 2.27 bits per heavy atom. The Kier molecular flexibility index (Phi) is 4.97. The third kappa shape index (κ3) is 3.04. The molecule has 2 rings (SSSR count). The second-order valence-corrected chi connectivity index (χ2v) is 5.42. The average molecular weight is 307 g/mol. The molecule has 0 aromatic carbocycles. The van der Waals surface area contributed by atoms with Crippen molar-refractivity contribution in [3.05, 3.63) is 24.0 Å². The van der Waals surface area contributed by atoms with Crippen LogP contribution in [0.4, 0.5) is 0 Å². The van der Waals surface area contributed by atoms with E-state index < -0.39 is 5.54 Å². The molecule has 1 aromatic rings. The molecule has 7 nitrogen and oxygen atoms in total. The molecule has 2 heterocycles. The molecule has 1 atom stereocenters. The largest absolute Gasteiger partial charge is 0.506 e. The fraction of sp³-hybridized carbons (Fsp3) is 0.533. The Labute approximate surface area is 129 Å². The number of likely N-dealkylation sites (N-methyl/N-ethyl adjacent to an activating group) is 1. The quantitative estimate of drug-likeness (QED) is 0.804. The molecule has 2 amide bonds. The Balaban J connectivity index is 2.21. The number of likely N-dealkylation sites (tertiary alicyclic amines) is 1. The summed E-state index contributed by atoms with van der Waals surface area (Å²) in [6, 6.07) is 1.50. The number of hydrogen-bond donors (Lipinski definition) is 2. The predicted octanol–water partition coefficient (Wildman–Crippen LogP) is 0.0833. The third-order valence-corrected chi connectivity index (χ3v) is 3.96. The van der Waals surface area contributed by atoms with Crippen molar-refractivity contribution in [2.24, 2.45) is 0 Å². The summed E-state index contributed by atoms with van der Waals surface area (Å²) < 4.78 is 5.19. The number of hydrogen-bond acceptors (Lipinski definition) is 5. The van der Waals surface area contributed by atoms with E-state index in [0.29, 0.717) is 18.5 Å². The van der Waals surface area contributed by atoms with Crippen LogP contribution in [0.25, 0.3) is 0 Å². The zero-order valence-electron chi connectivity index (χ0n) is 12.8. The fourth-order valence-electron chi connectivity index (χ4n) is 3.01. The number of rotatable bonds is 5. The van der Waals surface area contributed by atoms with Crippen LogP contribution in [0.15, 0.2) is 18.5 Å². The van der Waals surface area contributed by atoms with Crippen molar-refractivity contribution in [3.63, 3.8) is 0 Å². The first-order valence-electron chi connectivity index (χ1n) is 7.18. The summed E-state index contributed by atoms with van der Waals surface area (Å²) in [6.45, 7) is 0.679. The average Bonchev–Trinajstić information content (AvgIpc) is 2.92. The van der Waals surface area contributed by atoms with Gasteiger partial charge in [0.05, 0.1) is 19.2 Å². The highest BCUT2D eigenvalue weighted by Gasteiger charge is 2.49. The fourth-order valence-corrected chi connectivity index (χ4v) is 3.01. The van der Waals surface area contributed by atoms with Gasteiger partial charge in [0.2, 0.25) is 11.8 Å². The molecule has 1 unspecified atom stereocenters.